The molecule has 1 unspecified atom stereocenters. The second-order valence-electron chi connectivity index (χ2n) is 6.37. The van der Waals surface area contributed by atoms with Crippen LogP contribution < -0.4 is 0 Å². The van der Waals surface area contributed by atoms with E-state index < -0.39 is 0 Å². The van der Waals surface area contributed by atoms with Crippen LogP contribution in [0, 0.1) is 6.92 Å². The van der Waals surface area contributed by atoms with E-state index >= 15 is 0 Å². The van der Waals surface area contributed by atoms with E-state index in [0.717, 1.165) is 17.1 Å². The van der Waals surface area contributed by atoms with Crippen LogP contribution in [0.3, 0.4) is 0 Å². The van der Waals surface area contributed by atoms with E-state index in [4.69, 9.17) is 4.98 Å². The molecule has 2 nitrogen and oxygen atoms in total. The molecule has 1 heterocycles. The molecule has 0 fully saturated rings. The first-order valence-corrected chi connectivity index (χ1v) is 7.90. The lowest BCUT2D eigenvalue weighted by molar-refractivity contribution is 0.264. The Morgan fingerprint density at radius 1 is 1.30 bits per heavy atom. The van der Waals surface area contributed by atoms with Crippen LogP contribution in [0.5, 0.6) is 0 Å². The molecule has 20 heavy (non-hydrogen) atoms. The van der Waals surface area contributed by atoms with Crippen LogP contribution in [0.4, 0.5) is 0 Å². The van der Waals surface area contributed by atoms with E-state index in [1.54, 1.807) is 11.3 Å². The summed E-state index contributed by atoms with van der Waals surface area (Å²) in [5.74, 6) is 0.133. The molecule has 0 aliphatic heterocycles. The average Bonchev–Trinajstić information content (AvgIpc) is 2.84. The van der Waals surface area contributed by atoms with Gasteiger partial charge in [0.05, 0.1) is 17.3 Å². The summed E-state index contributed by atoms with van der Waals surface area (Å²) in [4.78, 5) is 4.72. The van der Waals surface area contributed by atoms with Crippen molar-refractivity contribution in [2.75, 3.05) is 6.61 Å². The lowest BCUT2D eigenvalue weighted by Crippen LogP contribution is -2.12. The average molecular weight is 289 g/mol. The molecule has 1 atom stereocenters. The van der Waals surface area contributed by atoms with E-state index in [2.05, 4.69) is 57.3 Å². The van der Waals surface area contributed by atoms with Crippen LogP contribution in [0.25, 0.3) is 0 Å². The molecule has 0 aliphatic carbocycles. The fourth-order valence-electron chi connectivity index (χ4n) is 2.17. The van der Waals surface area contributed by atoms with Gasteiger partial charge in [0, 0.05) is 23.1 Å². The number of benzene rings is 1. The van der Waals surface area contributed by atoms with Crippen LogP contribution in [0.15, 0.2) is 29.6 Å². The van der Waals surface area contributed by atoms with Crippen molar-refractivity contribution < 1.29 is 5.11 Å². The van der Waals surface area contributed by atoms with E-state index in [9.17, 15) is 5.11 Å². The van der Waals surface area contributed by atoms with Crippen molar-refractivity contribution in [2.24, 2.45) is 0 Å². The van der Waals surface area contributed by atoms with Gasteiger partial charge >= 0.3 is 0 Å². The SMILES string of the molecule is Cc1cccc(C(CO)Cc2nc(C(C)(C)C)cs2)c1. The highest BCUT2D eigenvalue weighted by Crippen LogP contribution is 2.27. The highest BCUT2D eigenvalue weighted by atomic mass is 32.1. The minimum atomic E-state index is 0.0901. The predicted octanol–water partition coefficient (Wildman–Crippen LogP) is 4.07. The number of aliphatic hydroxyl groups excluding tert-OH is 1. The molecule has 108 valence electrons. The van der Waals surface area contributed by atoms with E-state index in [1.165, 1.54) is 11.1 Å². The smallest absolute Gasteiger partial charge is 0.0935 e. The van der Waals surface area contributed by atoms with E-state index in [0.29, 0.717) is 0 Å². The van der Waals surface area contributed by atoms with Crippen LogP contribution in [0.1, 0.15) is 48.5 Å². The van der Waals surface area contributed by atoms with Crippen molar-refractivity contribution in [3.63, 3.8) is 0 Å². The van der Waals surface area contributed by atoms with Crippen molar-refractivity contribution in [2.45, 2.75) is 45.4 Å². The maximum Gasteiger partial charge on any atom is 0.0935 e. The first-order chi connectivity index (χ1) is 9.40. The Kier molecular flexibility index (Phi) is 4.61. The van der Waals surface area contributed by atoms with Gasteiger partial charge in [-0.1, -0.05) is 50.6 Å². The second kappa shape index (κ2) is 6.06. The van der Waals surface area contributed by atoms with E-state index in [-0.39, 0.29) is 17.9 Å². The van der Waals surface area contributed by atoms with Gasteiger partial charge in [-0.05, 0) is 12.5 Å². The summed E-state index contributed by atoms with van der Waals surface area (Å²) in [6, 6.07) is 8.38. The summed E-state index contributed by atoms with van der Waals surface area (Å²) < 4.78 is 0. The fourth-order valence-corrected chi connectivity index (χ4v) is 3.27. The monoisotopic (exact) mass is 289 g/mol. The Hall–Kier alpha value is -1.19. The van der Waals surface area contributed by atoms with E-state index in [1.807, 2.05) is 0 Å². The third-order valence-electron chi connectivity index (χ3n) is 3.48. The molecular weight excluding hydrogens is 266 g/mol. The maximum atomic E-state index is 9.68. The van der Waals surface area contributed by atoms with Gasteiger partial charge in [0.2, 0.25) is 0 Å². The molecule has 1 N–H and O–H groups in total. The normalized spacial score (nSPS) is 13.4. The zero-order valence-corrected chi connectivity index (χ0v) is 13.5. The zero-order chi connectivity index (χ0) is 14.8. The molecule has 0 spiro atoms. The van der Waals surface area contributed by atoms with Crippen LogP contribution >= 0.6 is 11.3 Å². The quantitative estimate of drug-likeness (QED) is 0.920. The van der Waals surface area contributed by atoms with Gasteiger partial charge in [0.25, 0.3) is 0 Å². The summed E-state index contributed by atoms with van der Waals surface area (Å²) in [6.07, 6.45) is 0.806. The summed E-state index contributed by atoms with van der Waals surface area (Å²) in [5.41, 5.74) is 3.65. The zero-order valence-electron chi connectivity index (χ0n) is 12.7. The summed E-state index contributed by atoms with van der Waals surface area (Å²) in [7, 11) is 0. The number of aryl methyl sites for hydroxylation is 1. The first-order valence-electron chi connectivity index (χ1n) is 7.02. The number of rotatable bonds is 4. The largest absolute Gasteiger partial charge is 0.396 e. The Balaban J connectivity index is 2.16. The standard InChI is InChI=1S/C17H23NOS/c1-12-6-5-7-13(8-12)14(10-19)9-16-18-15(11-20-16)17(2,3)4/h5-8,11,14,19H,9-10H2,1-4H3. The van der Waals surface area contributed by atoms with Crippen LogP contribution in [-0.2, 0) is 11.8 Å². The van der Waals surface area contributed by atoms with Gasteiger partial charge in [-0.15, -0.1) is 11.3 Å². The molecule has 0 bridgehead atoms. The van der Waals surface area contributed by atoms with Crippen LogP contribution in [-0.4, -0.2) is 16.7 Å². The third kappa shape index (κ3) is 3.68. The molecule has 2 rings (SSSR count). The van der Waals surface area contributed by atoms with Crippen molar-refractivity contribution in [1.82, 2.24) is 4.98 Å². The van der Waals surface area contributed by atoms with Crippen molar-refractivity contribution in [3.8, 4) is 0 Å². The molecule has 0 aliphatic rings. The van der Waals surface area contributed by atoms with Crippen molar-refractivity contribution in [3.05, 3.63) is 51.5 Å². The molecule has 3 heteroatoms. The van der Waals surface area contributed by atoms with Gasteiger partial charge in [-0.3, -0.25) is 0 Å². The van der Waals surface area contributed by atoms with Gasteiger partial charge < -0.3 is 5.11 Å². The Bertz CT molecular complexity index is 568. The predicted molar refractivity (Wildman–Crippen MR) is 85.5 cm³/mol. The minimum absolute atomic E-state index is 0.0901. The molecule has 0 saturated heterocycles. The van der Waals surface area contributed by atoms with Crippen LogP contribution in [0.2, 0.25) is 0 Å². The van der Waals surface area contributed by atoms with Gasteiger partial charge in [-0.25, -0.2) is 4.98 Å². The fraction of sp³-hybridized carbons (Fsp3) is 0.471. The molecule has 1 aromatic heterocycles. The molecule has 1 aromatic carbocycles. The highest BCUT2D eigenvalue weighted by Gasteiger charge is 2.19. The summed E-state index contributed by atoms with van der Waals surface area (Å²) >= 11 is 1.70. The third-order valence-corrected chi connectivity index (χ3v) is 4.35. The maximum absolute atomic E-state index is 9.68. The van der Waals surface area contributed by atoms with Gasteiger partial charge in [0.1, 0.15) is 0 Å². The first kappa shape index (κ1) is 15.2. The lowest BCUT2D eigenvalue weighted by atomic mass is 9.93. The molecule has 0 saturated carbocycles. The number of hydrogen-bond acceptors (Lipinski definition) is 3. The molecule has 0 radical (unpaired) electrons. The minimum Gasteiger partial charge on any atom is -0.396 e. The molecular formula is C17H23NOS. The van der Waals surface area contributed by atoms with Crippen molar-refractivity contribution >= 4 is 11.3 Å². The van der Waals surface area contributed by atoms with Crippen molar-refractivity contribution in [1.29, 1.82) is 0 Å². The number of thiazole rings is 1. The van der Waals surface area contributed by atoms with Gasteiger partial charge in [-0.2, -0.15) is 0 Å². The lowest BCUT2D eigenvalue weighted by Gasteiger charge is -2.15. The Labute approximate surface area is 125 Å². The highest BCUT2D eigenvalue weighted by molar-refractivity contribution is 7.09. The topological polar surface area (TPSA) is 33.1 Å². The number of hydrogen-bond donors (Lipinski definition) is 1. The van der Waals surface area contributed by atoms with Gasteiger partial charge in [0.15, 0.2) is 0 Å². The molecule has 2 aromatic rings. The molecule has 0 amide bonds. The number of aromatic nitrogens is 1. The number of nitrogens with zero attached hydrogens (tertiary/aromatic N) is 1. The summed E-state index contributed by atoms with van der Waals surface area (Å²) in [5, 5.41) is 12.9. The second-order valence-corrected chi connectivity index (χ2v) is 7.32. The summed E-state index contributed by atoms with van der Waals surface area (Å²) in [6.45, 7) is 8.77. The Morgan fingerprint density at radius 3 is 2.60 bits per heavy atom. The number of aliphatic hydroxyl groups is 1. The Morgan fingerprint density at radius 2 is 2.05 bits per heavy atom.